The average Bonchev–Trinajstić information content (AvgIpc) is 2.80. The van der Waals surface area contributed by atoms with Crippen molar-refractivity contribution in [2.75, 3.05) is 27.2 Å². The number of nitrogens with one attached hydrogen (secondary N) is 1. The summed E-state index contributed by atoms with van der Waals surface area (Å²) in [5.41, 5.74) is 1.19. The molecule has 0 bridgehead atoms. The molecule has 1 aromatic heterocycles. The Morgan fingerprint density at radius 2 is 2.24 bits per heavy atom. The summed E-state index contributed by atoms with van der Waals surface area (Å²) in [4.78, 5) is 7.16. The van der Waals surface area contributed by atoms with Crippen molar-refractivity contribution in [3.63, 3.8) is 0 Å². The van der Waals surface area contributed by atoms with E-state index in [1.807, 2.05) is 18.4 Å². The zero-order chi connectivity index (χ0) is 12.3. The maximum absolute atomic E-state index is 4.74. The molecule has 1 atom stereocenters. The molecule has 0 saturated carbocycles. The van der Waals surface area contributed by atoms with E-state index in [-0.39, 0.29) is 0 Å². The van der Waals surface area contributed by atoms with E-state index >= 15 is 0 Å². The van der Waals surface area contributed by atoms with Crippen LogP contribution in [0.5, 0.6) is 0 Å². The minimum absolute atomic E-state index is 0.373. The molecule has 1 aliphatic rings. The van der Waals surface area contributed by atoms with Gasteiger partial charge in [0.25, 0.3) is 0 Å². The highest BCUT2D eigenvalue weighted by molar-refractivity contribution is 7.09. The van der Waals surface area contributed by atoms with Crippen molar-refractivity contribution < 1.29 is 0 Å². The van der Waals surface area contributed by atoms with Gasteiger partial charge in [-0.2, -0.15) is 0 Å². The first-order chi connectivity index (χ1) is 8.19. The maximum atomic E-state index is 4.74. The number of nitrogens with zero attached hydrogens (tertiary/aromatic N) is 2. The molecule has 0 amide bonds. The summed E-state index contributed by atoms with van der Waals surface area (Å²) in [6, 6.07) is 0.373. The van der Waals surface area contributed by atoms with Gasteiger partial charge in [-0.05, 0) is 52.9 Å². The fourth-order valence-corrected chi connectivity index (χ4v) is 3.28. The Balaban J connectivity index is 1.88. The van der Waals surface area contributed by atoms with E-state index in [2.05, 4.69) is 29.6 Å². The van der Waals surface area contributed by atoms with Crippen molar-refractivity contribution in [1.29, 1.82) is 0 Å². The number of aromatic nitrogens is 1. The van der Waals surface area contributed by atoms with Crippen LogP contribution in [0.1, 0.15) is 36.5 Å². The Hall–Kier alpha value is -0.450. The highest BCUT2D eigenvalue weighted by Crippen LogP contribution is 2.24. The van der Waals surface area contributed by atoms with E-state index < -0.39 is 0 Å². The van der Waals surface area contributed by atoms with Gasteiger partial charge >= 0.3 is 0 Å². The quantitative estimate of drug-likeness (QED) is 0.892. The zero-order valence-electron chi connectivity index (χ0n) is 11.1. The minimum atomic E-state index is 0.373. The molecule has 1 saturated heterocycles. The summed E-state index contributed by atoms with van der Waals surface area (Å²) in [7, 11) is 4.20. The van der Waals surface area contributed by atoms with Gasteiger partial charge in [0, 0.05) is 17.8 Å². The van der Waals surface area contributed by atoms with E-state index in [1.54, 1.807) is 0 Å². The molecule has 1 fully saturated rings. The van der Waals surface area contributed by atoms with Gasteiger partial charge < -0.3 is 10.2 Å². The maximum Gasteiger partial charge on any atom is 0.0931 e. The van der Waals surface area contributed by atoms with Crippen molar-refractivity contribution in [3.8, 4) is 0 Å². The number of hydrogen-bond acceptors (Lipinski definition) is 4. The summed E-state index contributed by atoms with van der Waals surface area (Å²) in [5.74, 6) is 0.843. The lowest BCUT2D eigenvalue weighted by Crippen LogP contribution is -2.30. The average molecular weight is 253 g/mol. The first-order valence-electron chi connectivity index (χ1n) is 6.49. The van der Waals surface area contributed by atoms with E-state index in [1.165, 1.54) is 43.1 Å². The summed E-state index contributed by atoms with van der Waals surface area (Å²) < 4.78 is 0. The molecule has 0 aromatic carbocycles. The van der Waals surface area contributed by atoms with Crippen LogP contribution in [0.4, 0.5) is 0 Å². The normalized spacial score (nSPS) is 20.6. The lowest BCUT2D eigenvalue weighted by atomic mass is 9.94. The van der Waals surface area contributed by atoms with E-state index in [0.717, 1.165) is 5.92 Å². The molecule has 1 unspecified atom stereocenters. The molecule has 2 rings (SSSR count). The third kappa shape index (κ3) is 3.50. The van der Waals surface area contributed by atoms with Crippen LogP contribution < -0.4 is 5.32 Å². The molecule has 1 N–H and O–H groups in total. The first kappa shape index (κ1) is 13.0. The fraction of sp³-hybridized carbons (Fsp3) is 0.769. The standard InChI is InChI=1S/C13H23N3S/c1-10(14-2)12-9-17-13(15-12)8-11-4-6-16(3)7-5-11/h9-11,14H,4-8H2,1-3H3. The molecule has 1 aromatic rings. The summed E-state index contributed by atoms with van der Waals surface area (Å²) in [6.45, 7) is 4.65. The predicted octanol–water partition coefficient (Wildman–Crippen LogP) is 2.31. The highest BCUT2D eigenvalue weighted by Gasteiger charge is 2.18. The van der Waals surface area contributed by atoms with Crippen LogP contribution in [0.25, 0.3) is 0 Å². The van der Waals surface area contributed by atoms with Crippen LogP contribution >= 0.6 is 11.3 Å². The van der Waals surface area contributed by atoms with Gasteiger partial charge in [-0.25, -0.2) is 4.98 Å². The van der Waals surface area contributed by atoms with Gasteiger partial charge in [-0.3, -0.25) is 0 Å². The molecule has 0 spiro atoms. The Kier molecular flexibility index (Phi) is 4.54. The molecule has 3 nitrogen and oxygen atoms in total. The van der Waals surface area contributed by atoms with Gasteiger partial charge in [0.1, 0.15) is 0 Å². The zero-order valence-corrected chi connectivity index (χ0v) is 11.9. The van der Waals surface area contributed by atoms with Crippen LogP contribution in [0.2, 0.25) is 0 Å². The number of piperidine rings is 1. The smallest absolute Gasteiger partial charge is 0.0931 e. The second-order valence-electron chi connectivity index (χ2n) is 5.13. The van der Waals surface area contributed by atoms with Crippen LogP contribution in [-0.2, 0) is 6.42 Å². The Bertz CT molecular complexity index is 342. The molecule has 1 aliphatic heterocycles. The highest BCUT2D eigenvalue weighted by atomic mass is 32.1. The van der Waals surface area contributed by atoms with Crippen molar-refractivity contribution in [2.24, 2.45) is 5.92 Å². The van der Waals surface area contributed by atoms with E-state index in [0.29, 0.717) is 6.04 Å². The molecular formula is C13H23N3S. The van der Waals surface area contributed by atoms with E-state index in [9.17, 15) is 0 Å². The van der Waals surface area contributed by atoms with Gasteiger partial charge in [-0.15, -0.1) is 11.3 Å². The second-order valence-corrected chi connectivity index (χ2v) is 6.07. The Morgan fingerprint density at radius 3 is 2.88 bits per heavy atom. The first-order valence-corrected chi connectivity index (χ1v) is 7.37. The lowest BCUT2D eigenvalue weighted by molar-refractivity contribution is 0.219. The summed E-state index contributed by atoms with van der Waals surface area (Å²) >= 11 is 1.82. The van der Waals surface area contributed by atoms with E-state index in [4.69, 9.17) is 4.98 Å². The molecule has 17 heavy (non-hydrogen) atoms. The SMILES string of the molecule is CNC(C)c1csc(CC2CCN(C)CC2)n1. The molecule has 4 heteroatoms. The van der Waals surface area contributed by atoms with Crippen LogP contribution in [-0.4, -0.2) is 37.1 Å². The van der Waals surface area contributed by atoms with Crippen LogP contribution in [0, 0.1) is 5.92 Å². The van der Waals surface area contributed by atoms with Gasteiger partial charge in [0.15, 0.2) is 0 Å². The number of likely N-dealkylation sites (tertiary alicyclic amines) is 1. The number of hydrogen-bond donors (Lipinski definition) is 1. The van der Waals surface area contributed by atoms with Crippen LogP contribution in [0.15, 0.2) is 5.38 Å². The Labute approximate surface area is 108 Å². The molecular weight excluding hydrogens is 230 g/mol. The van der Waals surface area contributed by atoms with Crippen molar-refractivity contribution in [3.05, 3.63) is 16.1 Å². The lowest BCUT2D eigenvalue weighted by Gasteiger charge is -2.28. The molecule has 2 heterocycles. The number of rotatable bonds is 4. The second kappa shape index (κ2) is 5.94. The molecule has 0 radical (unpaired) electrons. The summed E-state index contributed by atoms with van der Waals surface area (Å²) in [6.07, 6.45) is 3.83. The van der Waals surface area contributed by atoms with Gasteiger partial charge in [-0.1, -0.05) is 0 Å². The third-order valence-electron chi connectivity index (χ3n) is 3.75. The number of thiazole rings is 1. The topological polar surface area (TPSA) is 28.2 Å². The van der Waals surface area contributed by atoms with Crippen LogP contribution in [0.3, 0.4) is 0 Å². The van der Waals surface area contributed by atoms with Crippen molar-refractivity contribution in [2.45, 2.75) is 32.2 Å². The Morgan fingerprint density at radius 1 is 1.53 bits per heavy atom. The van der Waals surface area contributed by atoms with Gasteiger partial charge in [0.2, 0.25) is 0 Å². The van der Waals surface area contributed by atoms with Crippen molar-refractivity contribution >= 4 is 11.3 Å². The van der Waals surface area contributed by atoms with Crippen molar-refractivity contribution in [1.82, 2.24) is 15.2 Å². The molecule has 96 valence electrons. The third-order valence-corrected chi connectivity index (χ3v) is 4.64. The molecule has 0 aliphatic carbocycles. The van der Waals surface area contributed by atoms with Gasteiger partial charge in [0.05, 0.1) is 10.7 Å². The minimum Gasteiger partial charge on any atom is -0.312 e. The summed E-state index contributed by atoms with van der Waals surface area (Å²) in [5, 5.41) is 6.76. The monoisotopic (exact) mass is 253 g/mol. The fourth-order valence-electron chi connectivity index (χ4n) is 2.28. The predicted molar refractivity (Wildman–Crippen MR) is 73.5 cm³/mol. The largest absolute Gasteiger partial charge is 0.312 e.